The van der Waals surface area contributed by atoms with Crippen LogP contribution in [0.3, 0.4) is 0 Å². The zero-order valence-corrected chi connectivity index (χ0v) is 18.9. The van der Waals surface area contributed by atoms with Crippen molar-refractivity contribution in [2.45, 2.75) is 19.8 Å². The number of carbonyl (C=O) groups is 1. The molecule has 6 nitrogen and oxygen atoms in total. The Morgan fingerprint density at radius 1 is 1.00 bits per heavy atom. The number of benzene rings is 3. The third-order valence-electron chi connectivity index (χ3n) is 5.54. The summed E-state index contributed by atoms with van der Waals surface area (Å²) in [5.74, 6) is -0.265. The number of anilines is 1. The standard InChI is InChI=1S/C25H23N3O3S/c1-25(2,22(17-10-6-4-7-11-17)18-12-8-5-9-13-18)23(29)27-24-26-20-15-14-19(28(30)31-3)16-21(20)32-24/h4-16,22H,1-3H3/p+1. The van der Waals surface area contributed by atoms with E-state index in [1.807, 2.05) is 50.2 Å². The van der Waals surface area contributed by atoms with Crippen molar-refractivity contribution < 1.29 is 14.6 Å². The fourth-order valence-electron chi connectivity index (χ4n) is 3.89. The molecule has 7 heteroatoms. The van der Waals surface area contributed by atoms with Gasteiger partial charge in [0.15, 0.2) is 12.2 Å². The van der Waals surface area contributed by atoms with E-state index in [0.29, 0.717) is 21.3 Å². The monoisotopic (exact) mass is 446 g/mol. The molecule has 1 aromatic heterocycles. The number of carbonyl (C=O) groups excluding carboxylic acids is 1. The summed E-state index contributed by atoms with van der Waals surface area (Å²) in [6, 6.07) is 25.2. The lowest BCUT2D eigenvalue weighted by Crippen LogP contribution is -2.37. The van der Waals surface area contributed by atoms with Gasteiger partial charge in [0.25, 0.3) is 4.92 Å². The number of nitrogens with one attached hydrogen (secondary N) is 1. The molecule has 0 radical (unpaired) electrons. The average molecular weight is 447 g/mol. The van der Waals surface area contributed by atoms with Crippen LogP contribution >= 0.6 is 11.3 Å². The summed E-state index contributed by atoms with van der Waals surface area (Å²) in [5, 5.41) is 3.49. The van der Waals surface area contributed by atoms with Crippen LogP contribution in [0.5, 0.6) is 0 Å². The van der Waals surface area contributed by atoms with E-state index < -0.39 is 5.41 Å². The summed E-state index contributed by atoms with van der Waals surface area (Å²) in [5.41, 5.74) is 2.47. The van der Waals surface area contributed by atoms with Gasteiger partial charge < -0.3 is 5.32 Å². The molecule has 0 aliphatic rings. The molecule has 4 aromatic rings. The number of aromatic nitrogens is 1. The van der Waals surface area contributed by atoms with Crippen molar-refractivity contribution in [1.29, 1.82) is 0 Å². The molecule has 0 saturated heterocycles. The zero-order valence-electron chi connectivity index (χ0n) is 18.1. The van der Waals surface area contributed by atoms with Gasteiger partial charge in [-0.2, -0.15) is 0 Å². The minimum absolute atomic E-state index is 0.128. The number of thiazole rings is 1. The largest absolute Gasteiger partial charge is 0.318 e. The van der Waals surface area contributed by atoms with Gasteiger partial charge in [0.2, 0.25) is 5.91 Å². The van der Waals surface area contributed by atoms with Crippen LogP contribution in [-0.2, 0) is 9.63 Å². The Bertz CT molecular complexity index is 1210. The van der Waals surface area contributed by atoms with Gasteiger partial charge in [0.1, 0.15) is 0 Å². The Labute approximate surface area is 190 Å². The number of amides is 1. The lowest BCUT2D eigenvalue weighted by molar-refractivity contribution is -0.736. The molecule has 0 saturated carbocycles. The van der Waals surface area contributed by atoms with Gasteiger partial charge in [-0.25, -0.2) is 9.82 Å². The molecule has 1 amide bonds. The van der Waals surface area contributed by atoms with Crippen LogP contribution in [0.1, 0.15) is 30.9 Å². The van der Waals surface area contributed by atoms with Crippen molar-refractivity contribution in [2.75, 3.05) is 12.4 Å². The average Bonchev–Trinajstić information content (AvgIpc) is 3.21. The quantitative estimate of drug-likeness (QED) is 0.350. The molecule has 0 atom stereocenters. The van der Waals surface area contributed by atoms with Crippen LogP contribution < -0.4 is 5.32 Å². The normalized spacial score (nSPS) is 11.5. The SMILES string of the molecule is CO[N+](=O)c1ccc2nc(NC(=O)C(C)(C)C(c3ccccc3)c3ccccc3)sc2c1. The van der Waals surface area contributed by atoms with E-state index in [1.54, 1.807) is 18.2 Å². The summed E-state index contributed by atoms with van der Waals surface area (Å²) >= 11 is 1.32. The first-order valence-corrected chi connectivity index (χ1v) is 11.0. The van der Waals surface area contributed by atoms with Gasteiger partial charge in [0.05, 0.1) is 20.5 Å². The molecule has 1 N–H and O–H groups in total. The highest BCUT2D eigenvalue weighted by Crippen LogP contribution is 2.42. The molecule has 0 aliphatic heterocycles. The Morgan fingerprint density at radius 2 is 1.59 bits per heavy atom. The summed E-state index contributed by atoms with van der Waals surface area (Å²) in [7, 11) is 1.31. The van der Waals surface area contributed by atoms with Crippen LogP contribution in [-0.4, -0.2) is 22.9 Å². The van der Waals surface area contributed by atoms with Crippen molar-refractivity contribution in [1.82, 2.24) is 4.98 Å². The van der Waals surface area contributed by atoms with Crippen molar-refractivity contribution in [3.8, 4) is 0 Å². The Balaban J connectivity index is 1.65. The van der Waals surface area contributed by atoms with E-state index in [2.05, 4.69) is 34.6 Å². The van der Waals surface area contributed by atoms with E-state index >= 15 is 0 Å². The van der Waals surface area contributed by atoms with Gasteiger partial charge in [0, 0.05) is 18.1 Å². The molecule has 0 spiro atoms. The highest BCUT2D eigenvalue weighted by atomic mass is 32.1. The van der Waals surface area contributed by atoms with E-state index in [0.717, 1.165) is 15.8 Å². The molecule has 0 unspecified atom stereocenters. The first-order valence-electron chi connectivity index (χ1n) is 10.2. The maximum Gasteiger partial charge on any atom is 0.318 e. The number of rotatable bonds is 7. The van der Waals surface area contributed by atoms with Gasteiger partial charge in [-0.15, -0.1) is 0 Å². The van der Waals surface area contributed by atoms with Crippen molar-refractivity contribution in [2.24, 2.45) is 5.41 Å². The molecule has 0 fully saturated rings. The minimum Gasteiger partial charge on any atom is -0.301 e. The second-order valence-electron chi connectivity index (χ2n) is 8.04. The van der Waals surface area contributed by atoms with Gasteiger partial charge in [-0.05, 0) is 17.2 Å². The fourth-order valence-corrected chi connectivity index (χ4v) is 4.79. The van der Waals surface area contributed by atoms with Crippen molar-refractivity contribution >= 4 is 38.3 Å². The second-order valence-corrected chi connectivity index (χ2v) is 9.07. The second kappa shape index (κ2) is 8.88. The van der Waals surface area contributed by atoms with E-state index in [1.165, 1.54) is 18.4 Å². The summed E-state index contributed by atoms with van der Waals surface area (Å²) in [4.78, 5) is 34.9. The number of hydrogen-bond acceptors (Lipinski definition) is 5. The van der Waals surface area contributed by atoms with E-state index in [4.69, 9.17) is 4.84 Å². The van der Waals surface area contributed by atoms with Crippen LogP contribution in [0.25, 0.3) is 10.2 Å². The Morgan fingerprint density at radius 3 is 2.16 bits per heavy atom. The first-order chi connectivity index (χ1) is 15.4. The highest BCUT2D eigenvalue weighted by Gasteiger charge is 2.39. The summed E-state index contributed by atoms with van der Waals surface area (Å²) in [6.45, 7) is 3.90. The smallest absolute Gasteiger partial charge is 0.301 e. The molecular formula is C25H24N3O3S+. The van der Waals surface area contributed by atoms with Crippen LogP contribution in [0.2, 0.25) is 0 Å². The zero-order chi connectivity index (χ0) is 22.7. The summed E-state index contributed by atoms with van der Waals surface area (Å²) < 4.78 is 0.788. The molecule has 4 rings (SSSR count). The lowest BCUT2D eigenvalue weighted by atomic mass is 9.70. The van der Waals surface area contributed by atoms with E-state index in [-0.39, 0.29) is 11.8 Å². The minimum atomic E-state index is -0.756. The van der Waals surface area contributed by atoms with Gasteiger partial charge in [-0.3, -0.25) is 4.79 Å². The highest BCUT2D eigenvalue weighted by molar-refractivity contribution is 7.22. The van der Waals surface area contributed by atoms with Gasteiger partial charge >= 0.3 is 5.69 Å². The molecular weight excluding hydrogens is 422 g/mol. The Kier molecular flexibility index (Phi) is 6.01. The van der Waals surface area contributed by atoms with Crippen molar-refractivity contribution in [3.05, 3.63) is 94.9 Å². The Hall–Kier alpha value is -3.58. The third-order valence-corrected chi connectivity index (χ3v) is 6.48. The maximum absolute atomic E-state index is 13.5. The maximum atomic E-state index is 13.5. The van der Waals surface area contributed by atoms with Crippen LogP contribution in [0, 0.1) is 10.3 Å². The number of hydrogen-bond donors (Lipinski definition) is 1. The lowest BCUT2D eigenvalue weighted by Gasteiger charge is -2.33. The van der Waals surface area contributed by atoms with E-state index in [9.17, 15) is 9.70 Å². The topological polar surface area (TPSA) is 71.3 Å². The van der Waals surface area contributed by atoms with Gasteiger partial charge in [-0.1, -0.05) is 85.8 Å². The van der Waals surface area contributed by atoms with Crippen LogP contribution in [0.4, 0.5) is 10.8 Å². The molecule has 3 aromatic carbocycles. The van der Waals surface area contributed by atoms with Crippen LogP contribution in [0.15, 0.2) is 78.9 Å². The van der Waals surface area contributed by atoms with Crippen molar-refractivity contribution in [3.63, 3.8) is 0 Å². The molecule has 0 bridgehead atoms. The first kappa shape index (κ1) is 21.6. The third kappa shape index (κ3) is 4.24. The number of fused-ring (bicyclic) bond motifs is 1. The molecule has 0 aliphatic carbocycles. The number of nitrogens with zero attached hydrogens (tertiary/aromatic N) is 2. The molecule has 162 valence electrons. The fraction of sp³-hybridized carbons (Fsp3) is 0.200. The molecule has 32 heavy (non-hydrogen) atoms. The predicted octanol–water partition coefficient (Wildman–Crippen LogP) is 6.06. The summed E-state index contributed by atoms with van der Waals surface area (Å²) in [6.07, 6.45) is 0. The molecule has 1 heterocycles. The predicted molar refractivity (Wildman–Crippen MR) is 127 cm³/mol.